The Hall–Kier alpha value is -3.43. The molecule has 0 bridgehead atoms. The normalized spacial score (nSPS) is 10.8. The first kappa shape index (κ1) is 17.4. The Labute approximate surface area is 149 Å². The van der Waals surface area contributed by atoms with Crippen molar-refractivity contribution in [1.82, 2.24) is 29.3 Å². The van der Waals surface area contributed by atoms with Gasteiger partial charge in [-0.25, -0.2) is 0 Å². The highest BCUT2D eigenvalue weighted by Gasteiger charge is 2.14. The van der Waals surface area contributed by atoms with Crippen molar-refractivity contribution < 1.29 is 9.59 Å². The van der Waals surface area contributed by atoms with Crippen molar-refractivity contribution in [2.45, 2.75) is 20.4 Å². The third kappa shape index (κ3) is 3.79. The van der Waals surface area contributed by atoms with Crippen molar-refractivity contribution in [1.29, 1.82) is 0 Å². The molecule has 2 N–H and O–H groups in total. The van der Waals surface area contributed by atoms with Gasteiger partial charge in [-0.05, 0) is 19.9 Å². The fourth-order valence-electron chi connectivity index (χ4n) is 2.32. The molecule has 3 aromatic rings. The number of aromatic nitrogens is 6. The van der Waals surface area contributed by atoms with E-state index in [0.29, 0.717) is 11.6 Å². The highest BCUT2D eigenvalue weighted by Crippen LogP contribution is 2.09. The lowest BCUT2D eigenvalue weighted by Crippen LogP contribution is -2.20. The fourth-order valence-corrected chi connectivity index (χ4v) is 2.32. The van der Waals surface area contributed by atoms with Gasteiger partial charge in [0, 0.05) is 43.8 Å². The molecule has 0 aromatic carbocycles. The van der Waals surface area contributed by atoms with Gasteiger partial charge in [0.25, 0.3) is 5.91 Å². The first-order chi connectivity index (χ1) is 12.3. The number of hydrogen-bond acceptors (Lipinski definition) is 5. The van der Waals surface area contributed by atoms with Crippen molar-refractivity contribution in [3.8, 4) is 0 Å². The molecule has 10 heteroatoms. The van der Waals surface area contributed by atoms with E-state index in [-0.39, 0.29) is 24.1 Å². The van der Waals surface area contributed by atoms with Crippen LogP contribution >= 0.6 is 0 Å². The second-order valence-corrected chi connectivity index (χ2v) is 5.99. The summed E-state index contributed by atoms with van der Waals surface area (Å²) in [6.45, 7) is 3.76. The van der Waals surface area contributed by atoms with Crippen LogP contribution in [0.2, 0.25) is 0 Å². The first-order valence-electron chi connectivity index (χ1n) is 7.98. The molecule has 0 atom stereocenters. The van der Waals surface area contributed by atoms with E-state index in [4.69, 9.17) is 0 Å². The quantitative estimate of drug-likeness (QED) is 0.704. The minimum absolute atomic E-state index is 0.0222. The number of anilines is 2. The highest BCUT2D eigenvalue weighted by molar-refractivity contribution is 6.02. The van der Waals surface area contributed by atoms with Crippen LogP contribution in [0.4, 0.5) is 11.6 Å². The number of carbonyl (C=O) groups excluding carboxylic acids is 2. The molecule has 0 aliphatic carbocycles. The lowest BCUT2D eigenvalue weighted by atomic mass is 10.4. The van der Waals surface area contributed by atoms with Gasteiger partial charge in [-0.1, -0.05) is 0 Å². The molecule has 0 radical (unpaired) electrons. The second kappa shape index (κ2) is 6.82. The zero-order valence-corrected chi connectivity index (χ0v) is 15.0. The van der Waals surface area contributed by atoms with Crippen LogP contribution in [0.15, 0.2) is 24.4 Å². The standard InChI is InChI=1S/C16H20N8O2/c1-10-7-13(20-22(10)3)17-15(25)9-24-6-5-12(19-24)16(26)18-14-8-11(2)23(4)21-14/h5-8H,9H2,1-4H3,(H,17,20,25)(H,18,21,26). The third-order valence-electron chi connectivity index (χ3n) is 3.92. The van der Waals surface area contributed by atoms with Crippen molar-refractivity contribution in [3.05, 3.63) is 41.5 Å². The minimum atomic E-state index is -0.386. The zero-order valence-electron chi connectivity index (χ0n) is 15.0. The Morgan fingerprint density at radius 3 is 2.08 bits per heavy atom. The summed E-state index contributed by atoms with van der Waals surface area (Å²) in [5, 5.41) is 17.8. The molecule has 0 aliphatic rings. The predicted molar refractivity (Wildman–Crippen MR) is 94.7 cm³/mol. The van der Waals surface area contributed by atoms with Crippen LogP contribution < -0.4 is 10.6 Å². The van der Waals surface area contributed by atoms with Gasteiger partial charge in [0.05, 0.1) is 0 Å². The van der Waals surface area contributed by atoms with Crippen LogP contribution in [0.25, 0.3) is 0 Å². The topological polar surface area (TPSA) is 112 Å². The Kier molecular flexibility index (Phi) is 4.57. The van der Waals surface area contributed by atoms with Crippen LogP contribution in [0.3, 0.4) is 0 Å². The van der Waals surface area contributed by atoms with E-state index >= 15 is 0 Å². The lowest BCUT2D eigenvalue weighted by molar-refractivity contribution is -0.116. The number of nitrogens with one attached hydrogen (secondary N) is 2. The number of hydrogen-bond donors (Lipinski definition) is 2. The summed E-state index contributed by atoms with van der Waals surface area (Å²) in [4.78, 5) is 24.3. The fraction of sp³-hybridized carbons (Fsp3) is 0.312. The molecule has 0 unspecified atom stereocenters. The molecule has 0 saturated carbocycles. The Morgan fingerprint density at radius 1 is 0.962 bits per heavy atom. The van der Waals surface area contributed by atoms with Crippen molar-refractivity contribution in [2.75, 3.05) is 10.6 Å². The summed E-state index contributed by atoms with van der Waals surface area (Å²) in [5.41, 5.74) is 2.06. The maximum absolute atomic E-state index is 12.2. The molecule has 0 aliphatic heterocycles. The van der Waals surface area contributed by atoms with Crippen LogP contribution in [-0.4, -0.2) is 41.2 Å². The van der Waals surface area contributed by atoms with E-state index in [1.165, 1.54) is 4.68 Å². The summed E-state index contributed by atoms with van der Waals surface area (Å²) in [7, 11) is 3.59. The van der Waals surface area contributed by atoms with E-state index in [1.807, 2.05) is 13.8 Å². The molecule has 26 heavy (non-hydrogen) atoms. The highest BCUT2D eigenvalue weighted by atomic mass is 16.2. The van der Waals surface area contributed by atoms with Crippen molar-refractivity contribution in [3.63, 3.8) is 0 Å². The van der Waals surface area contributed by atoms with Gasteiger partial charge in [-0.2, -0.15) is 15.3 Å². The lowest BCUT2D eigenvalue weighted by Gasteiger charge is -2.02. The van der Waals surface area contributed by atoms with Gasteiger partial charge in [-0.3, -0.25) is 23.6 Å². The predicted octanol–water partition coefficient (Wildman–Crippen LogP) is 0.858. The summed E-state index contributed by atoms with van der Waals surface area (Å²) in [6, 6.07) is 5.08. The maximum Gasteiger partial charge on any atom is 0.277 e. The minimum Gasteiger partial charge on any atom is -0.308 e. The molecular formula is C16H20N8O2. The van der Waals surface area contributed by atoms with Gasteiger partial charge in [0.15, 0.2) is 17.3 Å². The molecule has 0 saturated heterocycles. The molecular weight excluding hydrogens is 336 g/mol. The Morgan fingerprint density at radius 2 is 1.54 bits per heavy atom. The number of nitrogens with zero attached hydrogens (tertiary/aromatic N) is 6. The second-order valence-electron chi connectivity index (χ2n) is 5.99. The number of aryl methyl sites for hydroxylation is 4. The Bertz CT molecular complexity index is 926. The van der Waals surface area contributed by atoms with Gasteiger partial charge in [0.2, 0.25) is 5.91 Å². The van der Waals surface area contributed by atoms with Crippen LogP contribution in [0.1, 0.15) is 21.9 Å². The smallest absolute Gasteiger partial charge is 0.277 e. The SMILES string of the molecule is Cc1cc(NC(=O)Cn2ccc(C(=O)Nc3cc(C)n(C)n3)n2)nn1C. The summed E-state index contributed by atoms with van der Waals surface area (Å²) >= 11 is 0. The molecule has 2 amide bonds. The largest absolute Gasteiger partial charge is 0.308 e. The molecule has 3 heterocycles. The van der Waals surface area contributed by atoms with Crippen LogP contribution in [-0.2, 0) is 25.4 Å². The average Bonchev–Trinajstić information content (AvgIpc) is 3.21. The van der Waals surface area contributed by atoms with Crippen molar-refractivity contribution >= 4 is 23.5 Å². The molecule has 10 nitrogen and oxygen atoms in total. The number of rotatable bonds is 5. The summed E-state index contributed by atoms with van der Waals surface area (Å²) in [6.07, 6.45) is 1.57. The maximum atomic E-state index is 12.2. The van der Waals surface area contributed by atoms with E-state index in [2.05, 4.69) is 25.9 Å². The number of carbonyl (C=O) groups is 2. The monoisotopic (exact) mass is 356 g/mol. The van der Waals surface area contributed by atoms with E-state index in [9.17, 15) is 9.59 Å². The third-order valence-corrected chi connectivity index (χ3v) is 3.92. The van der Waals surface area contributed by atoms with Gasteiger partial charge < -0.3 is 10.6 Å². The summed E-state index contributed by atoms with van der Waals surface area (Å²) in [5.74, 6) is 0.263. The molecule has 0 spiro atoms. The average molecular weight is 356 g/mol. The van der Waals surface area contributed by atoms with E-state index in [1.54, 1.807) is 47.9 Å². The van der Waals surface area contributed by atoms with Gasteiger partial charge in [-0.15, -0.1) is 0 Å². The van der Waals surface area contributed by atoms with Crippen LogP contribution in [0, 0.1) is 13.8 Å². The van der Waals surface area contributed by atoms with E-state index in [0.717, 1.165) is 11.4 Å². The Balaban J connectivity index is 1.60. The molecule has 3 rings (SSSR count). The first-order valence-corrected chi connectivity index (χ1v) is 7.98. The number of amides is 2. The summed E-state index contributed by atoms with van der Waals surface area (Å²) < 4.78 is 4.73. The molecule has 136 valence electrons. The zero-order chi connectivity index (χ0) is 18.8. The van der Waals surface area contributed by atoms with E-state index < -0.39 is 0 Å². The molecule has 0 fully saturated rings. The van der Waals surface area contributed by atoms with Crippen molar-refractivity contribution in [2.24, 2.45) is 14.1 Å². The van der Waals surface area contributed by atoms with Gasteiger partial charge in [0.1, 0.15) is 6.54 Å². The molecule has 3 aromatic heterocycles. The van der Waals surface area contributed by atoms with Crippen LogP contribution in [0.5, 0.6) is 0 Å². The van der Waals surface area contributed by atoms with Gasteiger partial charge >= 0.3 is 0 Å².